The van der Waals surface area contributed by atoms with Gasteiger partial charge in [0.1, 0.15) is 6.61 Å². The Morgan fingerprint density at radius 2 is 2.00 bits per heavy atom. The lowest BCUT2D eigenvalue weighted by Crippen LogP contribution is -2.26. The van der Waals surface area contributed by atoms with Crippen molar-refractivity contribution in [2.75, 3.05) is 6.61 Å². The van der Waals surface area contributed by atoms with E-state index in [-0.39, 0.29) is 24.3 Å². The number of halogens is 1. The monoisotopic (exact) mass is 315 g/mol. The number of ether oxygens (including phenoxy) is 1. The number of dihydropyridines is 1. The molecule has 0 fully saturated rings. The molecule has 4 rings (SSSR count). The highest BCUT2D eigenvalue weighted by molar-refractivity contribution is 6.31. The fourth-order valence-electron chi connectivity index (χ4n) is 3.46. The summed E-state index contributed by atoms with van der Waals surface area (Å²) < 4.78 is 5.17. The average molecular weight is 316 g/mol. The minimum atomic E-state index is -0.341. The Morgan fingerprint density at radius 3 is 2.77 bits per heavy atom. The maximum atomic E-state index is 12.3. The number of Topliss-reactive ketones (excluding diaryl/α,β-unsaturated/α-hetero) is 1. The third-order valence-electron chi connectivity index (χ3n) is 4.51. The van der Waals surface area contributed by atoms with Crippen LogP contribution in [0, 0.1) is 6.92 Å². The predicted molar refractivity (Wildman–Crippen MR) is 81.3 cm³/mol. The van der Waals surface area contributed by atoms with E-state index in [1.807, 2.05) is 25.1 Å². The lowest BCUT2D eigenvalue weighted by atomic mass is 9.80. The van der Waals surface area contributed by atoms with Crippen molar-refractivity contribution in [2.24, 2.45) is 0 Å². The number of carbonyl (C=O) groups excluding carboxylic acids is 2. The molecule has 0 radical (unpaired) electrons. The van der Waals surface area contributed by atoms with Crippen molar-refractivity contribution in [1.29, 1.82) is 0 Å². The third-order valence-corrected chi connectivity index (χ3v) is 4.94. The van der Waals surface area contributed by atoms with Gasteiger partial charge in [-0.1, -0.05) is 23.7 Å². The molecule has 0 saturated heterocycles. The Kier molecular flexibility index (Phi) is 2.91. The first kappa shape index (κ1) is 13.6. The highest BCUT2D eigenvalue weighted by Gasteiger charge is 2.43. The highest BCUT2D eigenvalue weighted by Crippen LogP contribution is 2.45. The van der Waals surface area contributed by atoms with Crippen molar-refractivity contribution in [3.8, 4) is 0 Å². The topological polar surface area (TPSA) is 55.4 Å². The molecule has 0 saturated carbocycles. The lowest BCUT2D eigenvalue weighted by molar-refractivity contribution is -0.136. The first-order chi connectivity index (χ1) is 10.6. The van der Waals surface area contributed by atoms with E-state index in [0.717, 1.165) is 22.5 Å². The summed E-state index contributed by atoms with van der Waals surface area (Å²) in [4.78, 5) is 24.5. The number of allylic oxidation sites excluding steroid dienone is 2. The van der Waals surface area contributed by atoms with Gasteiger partial charge < -0.3 is 10.1 Å². The van der Waals surface area contributed by atoms with Gasteiger partial charge in [-0.3, -0.25) is 4.79 Å². The summed E-state index contributed by atoms with van der Waals surface area (Å²) in [7, 11) is 0. The van der Waals surface area contributed by atoms with Gasteiger partial charge in [-0.15, -0.1) is 0 Å². The van der Waals surface area contributed by atoms with Crippen LogP contribution in [0.2, 0.25) is 5.02 Å². The zero-order valence-electron chi connectivity index (χ0n) is 12.0. The first-order valence-electron chi connectivity index (χ1n) is 7.25. The summed E-state index contributed by atoms with van der Waals surface area (Å²) in [5, 5.41) is 3.90. The Balaban J connectivity index is 1.91. The van der Waals surface area contributed by atoms with Crippen molar-refractivity contribution >= 4 is 23.4 Å². The number of esters is 1. The summed E-state index contributed by atoms with van der Waals surface area (Å²) in [6.45, 7) is 2.17. The molecule has 0 bridgehead atoms. The minimum absolute atomic E-state index is 0.103. The molecule has 1 aromatic carbocycles. The zero-order valence-corrected chi connectivity index (χ0v) is 12.8. The Hall–Kier alpha value is -2.07. The largest absolute Gasteiger partial charge is 0.456 e. The zero-order chi connectivity index (χ0) is 15.4. The second-order valence-corrected chi connectivity index (χ2v) is 6.26. The predicted octanol–water partition coefficient (Wildman–Crippen LogP) is 2.76. The number of rotatable bonds is 1. The van der Waals surface area contributed by atoms with Gasteiger partial charge in [-0.05, 0) is 30.5 Å². The van der Waals surface area contributed by atoms with E-state index in [2.05, 4.69) is 5.32 Å². The van der Waals surface area contributed by atoms with Gasteiger partial charge in [0.2, 0.25) is 0 Å². The molecule has 22 heavy (non-hydrogen) atoms. The summed E-state index contributed by atoms with van der Waals surface area (Å²) in [6, 6.07) is 5.65. The smallest absolute Gasteiger partial charge is 0.337 e. The molecule has 0 spiro atoms. The maximum absolute atomic E-state index is 12.3. The van der Waals surface area contributed by atoms with E-state index >= 15 is 0 Å². The van der Waals surface area contributed by atoms with Crippen LogP contribution in [0.1, 0.15) is 29.9 Å². The van der Waals surface area contributed by atoms with Gasteiger partial charge in [0.25, 0.3) is 0 Å². The SMILES string of the molecule is Cc1cc(C2C3=C(CCC3=O)NC3=C2C(=O)OC3)ccc1Cl. The van der Waals surface area contributed by atoms with E-state index in [9.17, 15) is 9.59 Å². The highest BCUT2D eigenvalue weighted by atomic mass is 35.5. The summed E-state index contributed by atoms with van der Waals surface area (Å²) in [6.07, 6.45) is 1.19. The fraction of sp³-hybridized carbons (Fsp3) is 0.294. The van der Waals surface area contributed by atoms with Crippen LogP contribution in [0.3, 0.4) is 0 Å². The summed E-state index contributed by atoms with van der Waals surface area (Å²) in [5.41, 5.74) is 4.84. The molecule has 4 nitrogen and oxygen atoms in total. The Labute approximate surface area is 132 Å². The van der Waals surface area contributed by atoms with Gasteiger partial charge in [-0.25, -0.2) is 4.79 Å². The number of nitrogens with one attached hydrogen (secondary N) is 1. The van der Waals surface area contributed by atoms with Crippen LogP contribution in [0.5, 0.6) is 0 Å². The molecule has 3 aliphatic rings. The van der Waals surface area contributed by atoms with Crippen molar-refractivity contribution in [2.45, 2.75) is 25.7 Å². The quantitative estimate of drug-likeness (QED) is 0.810. The Bertz CT molecular complexity index is 751. The van der Waals surface area contributed by atoms with Crippen LogP contribution in [0.25, 0.3) is 0 Å². The normalized spacial score (nSPS) is 23.5. The van der Waals surface area contributed by atoms with Crippen LogP contribution in [-0.4, -0.2) is 18.4 Å². The van der Waals surface area contributed by atoms with Crippen LogP contribution in [0.4, 0.5) is 0 Å². The van der Waals surface area contributed by atoms with Gasteiger partial charge in [0.15, 0.2) is 5.78 Å². The van der Waals surface area contributed by atoms with Crippen LogP contribution in [-0.2, 0) is 14.3 Å². The number of aryl methyl sites for hydroxylation is 1. The lowest BCUT2D eigenvalue weighted by Gasteiger charge is -2.26. The molecule has 1 unspecified atom stereocenters. The molecule has 1 aliphatic carbocycles. The fourth-order valence-corrected chi connectivity index (χ4v) is 3.58. The van der Waals surface area contributed by atoms with Gasteiger partial charge in [0.05, 0.1) is 11.3 Å². The average Bonchev–Trinajstić information content (AvgIpc) is 3.05. The molecular weight excluding hydrogens is 302 g/mol. The number of benzene rings is 1. The van der Waals surface area contributed by atoms with Gasteiger partial charge in [-0.2, -0.15) is 0 Å². The van der Waals surface area contributed by atoms with E-state index in [1.54, 1.807) is 0 Å². The number of hydrogen-bond acceptors (Lipinski definition) is 4. The van der Waals surface area contributed by atoms with E-state index in [0.29, 0.717) is 29.0 Å². The minimum Gasteiger partial charge on any atom is -0.456 e. The molecule has 2 aliphatic heterocycles. The number of hydrogen-bond donors (Lipinski definition) is 1. The molecule has 1 atom stereocenters. The number of carbonyl (C=O) groups is 2. The van der Waals surface area contributed by atoms with Crippen molar-refractivity contribution in [3.63, 3.8) is 0 Å². The summed E-state index contributed by atoms with van der Waals surface area (Å²) in [5.74, 6) is -0.579. The molecular formula is C17H14ClNO3. The van der Waals surface area contributed by atoms with Crippen molar-refractivity contribution in [3.05, 3.63) is 56.9 Å². The number of ketones is 1. The standard InChI is InChI=1S/C17H14ClNO3/c1-8-6-9(2-3-10(8)18)14-15-11(4-5-13(15)20)19-12-7-22-17(21)16(12)14/h2-3,6,14,19H,4-5,7H2,1H3. The van der Waals surface area contributed by atoms with Crippen LogP contribution < -0.4 is 5.32 Å². The second kappa shape index (κ2) is 4.71. The molecule has 0 aromatic heterocycles. The van der Waals surface area contributed by atoms with Crippen LogP contribution >= 0.6 is 11.6 Å². The van der Waals surface area contributed by atoms with Gasteiger partial charge >= 0.3 is 5.97 Å². The molecule has 112 valence electrons. The van der Waals surface area contributed by atoms with Crippen molar-refractivity contribution < 1.29 is 14.3 Å². The molecule has 1 N–H and O–H groups in total. The van der Waals surface area contributed by atoms with E-state index in [4.69, 9.17) is 16.3 Å². The van der Waals surface area contributed by atoms with E-state index in [1.165, 1.54) is 0 Å². The molecule has 5 heteroatoms. The third kappa shape index (κ3) is 1.83. The van der Waals surface area contributed by atoms with E-state index < -0.39 is 0 Å². The Morgan fingerprint density at radius 1 is 1.18 bits per heavy atom. The summed E-state index contributed by atoms with van der Waals surface area (Å²) >= 11 is 6.10. The van der Waals surface area contributed by atoms with Crippen molar-refractivity contribution in [1.82, 2.24) is 5.32 Å². The maximum Gasteiger partial charge on any atom is 0.337 e. The molecule has 1 aromatic rings. The molecule has 0 amide bonds. The second-order valence-electron chi connectivity index (χ2n) is 5.85. The van der Waals surface area contributed by atoms with Gasteiger partial charge in [0, 0.05) is 28.6 Å². The number of cyclic esters (lactones) is 1. The first-order valence-corrected chi connectivity index (χ1v) is 7.63. The van der Waals surface area contributed by atoms with Crippen LogP contribution in [0.15, 0.2) is 40.7 Å². The molecule has 2 heterocycles.